The second-order valence-electron chi connectivity index (χ2n) is 8.52. The molecule has 0 heterocycles. The molecule has 174 valence electrons. The highest BCUT2D eigenvalue weighted by molar-refractivity contribution is 5.86. The lowest BCUT2D eigenvalue weighted by Crippen LogP contribution is -2.58. The minimum absolute atomic E-state index is 0.0257. The van der Waals surface area contributed by atoms with Gasteiger partial charge in [-0.3, -0.25) is 9.69 Å². The first-order valence-corrected chi connectivity index (χ1v) is 10.3. The highest BCUT2D eigenvalue weighted by Gasteiger charge is 2.47. The molecular weight excluding hydrogens is 402 g/mol. The van der Waals surface area contributed by atoms with Gasteiger partial charge in [0.1, 0.15) is 24.5 Å². The third-order valence-electron chi connectivity index (χ3n) is 4.51. The van der Waals surface area contributed by atoms with Crippen LogP contribution in [0.4, 0.5) is 4.79 Å². The predicted octanol–water partition coefficient (Wildman–Crippen LogP) is 3.92. The number of hydrogen-bond donors (Lipinski definition) is 0. The van der Waals surface area contributed by atoms with Crippen LogP contribution in [0.25, 0.3) is 0 Å². The fourth-order valence-corrected chi connectivity index (χ4v) is 2.99. The van der Waals surface area contributed by atoms with Crippen molar-refractivity contribution in [1.29, 1.82) is 0 Å². The van der Waals surface area contributed by atoms with Gasteiger partial charge >= 0.3 is 18.0 Å². The van der Waals surface area contributed by atoms with Crippen LogP contribution in [0.15, 0.2) is 30.3 Å². The van der Waals surface area contributed by atoms with Crippen LogP contribution in [-0.2, 0) is 35.1 Å². The standard InChI is InChI=1S/C23H35NO7/c1-8-29-19(25)17(2)14-23(6,20(26)30-15-18-12-10-9-11-13-18)24(16-28-7)21(27)31-22(3,4)5/h9-13,17H,8,14-16H2,1-7H3/t17-,23+/m0/s1. The van der Waals surface area contributed by atoms with E-state index in [1.165, 1.54) is 7.11 Å². The Bertz CT molecular complexity index is 729. The average Bonchev–Trinajstić information content (AvgIpc) is 2.69. The number of nitrogens with zero attached hydrogens (tertiary/aromatic N) is 1. The number of methoxy groups -OCH3 is 1. The van der Waals surface area contributed by atoms with E-state index in [1.54, 1.807) is 41.5 Å². The maximum atomic E-state index is 13.3. The Kier molecular flexibility index (Phi) is 9.97. The molecule has 8 nitrogen and oxygen atoms in total. The third kappa shape index (κ3) is 8.20. The molecule has 0 spiro atoms. The van der Waals surface area contributed by atoms with Crippen LogP contribution in [0.5, 0.6) is 0 Å². The van der Waals surface area contributed by atoms with E-state index in [4.69, 9.17) is 18.9 Å². The van der Waals surface area contributed by atoms with Gasteiger partial charge in [0.25, 0.3) is 0 Å². The second-order valence-corrected chi connectivity index (χ2v) is 8.52. The van der Waals surface area contributed by atoms with E-state index in [-0.39, 0.29) is 26.4 Å². The quantitative estimate of drug-likeness (QED) is 0.311. The molecule has 0 aliphatic carbocycles. The third-order valence-corrected chi connectivity index (χ3v) is 4.51. The van der Waals surface area contributed by atoms with Crippen LogP contribution in [-0.4, -0.2) is 54.5 Å². The lowest BCUT2D eigenvalue weighted by molar-refractivity contribution is -0.165. The van der Waals surface area contributed by atoms with Crippen molar-refractivity contribution < 1.29 is 33.3 Å². The van der Waals surface area contributed by atoms with Crippen LogP contribution in [0.3, 0.4) is 0 Å². The Balaban J connectivity index is 3.22. The van der Waals surface area contributed by atoms with E-state index in [9.17, 15) is 14.4 Å². The molecular formula is C23H35NO7. The van der Waals surface area contributed by atoms with Crippen molar-refractivity contribution in [2.45, 2.75) is 65.7 Å². The van der Waals surface area contributed by atoms with E-state index in [1.807, 2.05) is 30.3 Å². The molecule has 0 N–H and O–H groups in total. The number of carbonyl (C=O) groups excluding carboxylic acids is 3. The molecule has 0 fully saturated rings. The minimum Gasteiger partial charge on any atom is -0.466 e. The molecule has 31 heavy (non-hydrogen) atoms. The molecule has 0 bridgehead atoms. The van der Waals surface area contributed by atoms with Crippen molar-refractivity contribution in [2.24, 2.45) is 5.92 Å². The Morgan fingerprint density at radius 1 is 1.03 bits per heavy atom. The van der Waals surface area contributed by atoms with Gasteiger partial charge in [-0.05, 0) is 46.6 Å². The van der Waals surface area contributed by atoms with Crippen LogP contribution in [0, 0.1) is 5.92 Å². The van der Waals surface area contributed by atoms with E-state index in [0.717, 1.165) is 10.5 Å². The lowest BCUT2D eigenvalue weighted by Gasteiger charge is -2.40. The molecule has 2 atom stereocenters. The van der Waals surface area contributed by atoms with Gasteiger partial charge in [-0.2, -0.15) is 0 Å². The SMILES string of the molecule is CCOC(=O)[C@@H](C)C[C@](C)(C(=O)OCc1ccccc1)N(COC)C(=O)OC(C)(C)C. The number of benzene rings is 1. The molecule has 1 aromatic carbocycles. The predicted molar refractivity (Wildman–Crippen MR) is 115 cm³/mol. The molecule has 0 radical (unpaired) electrons. The summed E-state index contributed by atoms with van der Waals surface area (Å²) < 4.78 is 21.3. The summed E-state index contributed by atoms with van der Waals surface area (Å²) in [6, 6.07) is 9.19. The summed E-state index contributed by atoms with van der Waals surface area (Å²) >= 11 is 0. The number of hydrogen-bond acceptors (Lipinski definition) is 7. The lowest BCUT2D eigenvalue weighted by atomic mass is 9.88. The van der Waals surface area contributed by atoms with E-state index >= 15 is 0 Å². The zero-order valence-electron chi connectivity index (χ0n) is 19.6. The van der Waals surface area contributed by atoms with E-state index < -0.39 is 35.1 Å². The van der Waals surface area contributed by atoms with Crippen molar-refractivity contribution in [3.63, 3.8) is 0 Å². The number of amides is 1. The average molecular weight is 438 g/mol. The molecule has 1 amide bonds. The molecule has 0 aliphatic heterocycles. The van der Waals surface area contributed by atoms with Crippen molar-refractivity contribution in [2.75, 3.05) is 20.4 Å². The van der Waals surface area contributed by atoms with Gasteiger partial charge in [0, 0.05) is 7.11 Å². The first-order valence-electron chi connectivity index (χ1n) is 10.3. The Hall–Kier alpha value is -2.61. The summed E-state index contributed by atoms with van der Waals surface area (Å²) in [5, 5.41) is 0. The van der Waals surface area contributed by atoms with Gasteiger partial charge in [0.05, 0.1) is 12.5 Å². The van der Waals surface area contributed by atoms with Gasteiger partial charge in [0.2, 0.25) is 0 Å². The molecule has 0 unspecified atom stereocenters. The smallest absolute Gasteiger partial charge is 0.413 e. The van der Waals surface area contributed by atoms with Crippen LogP contribution < -0.4 is 0 Å². The summed E-state index contributed by atoms with van der Waals surface area (Å²) in [4.78, 5) is 39.6. The first-order chi connectivity index (χ1) is 14.4. The normalized spacial score (nSPS) is 14.2. The maximum Gasteiger partial charge on any atom is 0.413 e. The van der Waals surface area contributed by atoms with Gasteiger partial charge in [-0.25, -0.2) is 9.59 Å². The molecule has 1 rings (SSSR count). The fraction of sp³-hybridized carbons (Fsp3) is 0.609. The number of esters is 2. The highest BCUT2D eigenvalue weighted by Crippen LogP contribution is 2.29. The summed E-state index contributed by atoms with van der Waals surface area (Å²) in [7, 11) is 1.40. The Morgan fingerprint density at radius 3 is 2.16 bits per heavy atom. The zero-order chi connectivity index (χ0) is 23.7. The molecule has 1 aromatic rings. The molecule has 8 heteroatoms. The molecule has 0 saturated heterocycles. The largest absolute Gasteiger partial charge is 0.466 e. The fourth-order valence-electron chi connectivity index (χ4n) is 2.99. The number of carbonyl (C=O) groups is 3. The van der Waals surface area contributed by atoms with Crippen molar-refractivity contribution in [3.8, 4) is 0 Å². The van der Waals surface area contributed by atoms with Gasteiger partial charge in [-0.15, -0.1) is 0 Å². The van der Waals surface area contributed by atoms with Crippen LogP contribution in [0.1, 0.15) is 53.5 Å². The zero-order valence-corrected chi connectivity index (χ0v) is 19.6. The number of ether oxygens (including phenoxy) is 4. The van der Waals surface area contributed by atoms with E-state index in [0.29, 0.717) is 0 Å². The Labute approximate surface area is 184 Å². The van der Waals surface area contributed by atoms with Crippen molar-refractivity contribution in [3.05, 3.63) is 35.9 Å². The molecule has 0 aromatic heterocycles. The van der Waals surface area contributed by atoms with Crippen LogP contribution in [0.2, 0.25) is 0 Å². The second kappa shape index (κ2) is 11.7. The van der Waals surface area contributed by atoms with E-state index in [2.05, 4.69) is 0 Å². The Morgan fingerprint density at radius 2 is 1.65 bits per heavy atom. The highest BCUT2D eigenvalue weighted by atomic mass is 16.6. The summed E-state index contributed by atoms with van der Waals surface area (Å²) in [6.07, 6.45) is -0.772. The van der Waals surface area contributed by atoms with Gasteiger partial charge < -0.3 is 18.9 Å². The summed E-state index contributed by atoms with van der Waals surface area (Å²) in [5.74, 6) is -1.81. The van der Waals surface area contributed by atoms with Crippen LogP contribution >= 0.6 is 0 Å². The summed E-state index contributed by atoms with van der Waals surface area (Å²) in [6.45, 7) is 10.1. The molecule has 0 saturated carbocycles. The van der Waals surface area contributed by atoms with Crippen molar-refractivity contribution >= 4 is 18.0 Å². The monoisotopic (exact) mass is 437 g/mol. The van der Waals surface area contributed by atoms with Gasteiger partial charge in [0.15, 0.2) is 0 Å². The molecule has 0 aliphatic rings. The maximum absolute atomic E-state index is 13.3. The van der Waals surface area contributed by atoms with Crippen molar-refractivity contribution in [1.82, 2.24) is 4.90 Å². The number of rotatable bonds is 10. The topological polar surface area (TPSA) is 91.4 Å². The minimum atomic E-state index is -1.53. The van der Waals surface area contributed by atoms with Gasteiger partial charge in [-0.1, -0.05) is 37.3 Å². The summed E-state index contributed by atoms with van der Waals surface area (Å²) in [5.41, 5.74) is -1.52. The first kappa shape index (κ1) is 26.4.